The van der Waals surface area contributed by atoms with Crippen molar-refractivity contribution in [2.24, 2.45) is 5.73 Å². The summed E-state index contributed by atoms with van der Waals surface area (Å²) >= 11 is 0. The van der Waals surface area contributed by atoms with E-state index < -0.39 is 11.5 Å². The van der Waals surface area contributed by atoms with Gasteiger partial charge in [-0.05, 0) is 42.3 Å². The second-order valence-corrected chi connectivity index (χ2v) is 6.16. The van der Waals surface area contributed by atoms with Gasteiger partial charge in [0.05, 0.1) is 19.9 Å². The van der Waals surface area contributed by atoms with Crippen LogP contribution in [-0.4, -0.2) is 20.1 Å². The molecule has 28 heavy (non-hydrogen) atoms. The Hall–Kier alpha value is -3.32. The van der Waals surface area contributed by atoms with E-state index in [2.05, 4.69) is 5.32 Å². The standard InChI is InChI=1S/C21H22N2O5/c1-4-14-17(26-2)8-6-13-10-15(21(25)28-19(13)14)20(24)23-16-7-5-12(11-22)9-18(16)27-3/h5-10H,4,11,22H2,1-3H3,(H,23,24). The third kappa shape index (κ3) is 3.57. The van der Waals surface area contributed by atoms with Crippen LogP contribution in [0.25, 0.3) is 11.0 Å². The molecule has 3 rings (SSSR count). The van der Waals surface area contributed by atoms with E-state index in [1.54, 1.807) is 37.4 Å². The van der Waals surface area contributed by atoms with Crippen LogP contribution in [0.15, 0.2) is 45.6 Å². The van der Waals surface area contributed by atoms with Crippen LogP contribution < -0.4 is 26.1 Å². The molecule has 7 heteroatoms. The summed E-state index contributed by atoms with van der Waals surface area (Å²) in [5.74, 6) is 0.517. The molecule has 0 bridgehead atoms. The summed E-state index contributed by atoms with van der Waals surface area (Å²) in [6.07, 6.45) is 0.625. The van der Waals surface area contributed by atoms with Crippen LogP contribution in [0, 0.1) is 0 Å². The summed E-state index contributed by atoms with van der Waals surface area (Å²) < 4.78 is 16.1. The van der Waals surface area contributed by atoms with Gasteiger partial charge in [0.25, 0.3) is 5.91 Å². The Kier molecular flexibility index (Phi) is 5.65. The lowest BCUT2D eigenvalue weighted by atomic mass is 10.1. The van der Waals surface area contributed by atoms with E-state index in [0.29, 0.717) is 41.1 Å². The molecular weight excluding hydrogens is 360 g/mol. The van der Waals surface area contributed by atoms with Crippen molar-refractivity contribution in [3.05, 3.63) is 63.5 Å². The number of benzene rings is 2. The summed E-state index contributed by atoms with van der Waals surface area (Å²) in [5.41, 5.74) is 7.32. The fourth-order valence-corrected chi connectivity index (χ4v) is 3.06. The van der Waals surface area contributed by atoms with Gasteiger partial charge < -0.3 is 24.9 Å². The van der Waals surface area contributed by atoms with E-state index in [9.17, 15) is 9.59 Å². The van der Waals surface area contributed by atoms with Gasteiger partial charge in [-0.25, -0.2) is 4.79 Å². The van der Waals surface area contributed by atoms with Crippen molar-refractivity contribution in [2.45, 2.75) is 19.9 Å². The number of nitrogens with two attached hydrogens (primary N) is 1. The van der Waals surface area contributed by atoms with E-state index in [1.807, 2.05) is 6.92 Å². The smallest absolute Gasteiger partial charge is 0.349 e. The van der Waals surface area contributed by atoms with Crippen LogP contribution in [0.2, 0.25) is 0 Å². The van der Waals surface area contributed by atoms with Gasteiger partial charge in [-0.2, -0.15) is 0 Å². The lowest BCUT2D eigenvalue weighted by Crippen LogP contribution is -2.21. The largest absolute Gasteiger partial charge is 0.496 e. The number of aryl methyl sites for hydroxylation is 1. The van der Waals surface area contributed by atoms with Crippen LogP contribution in [0.5, 0.6) is 11.5 Å². The third-order valence-electron chi connectivity index (χ3n) is 4.53. The highest BCUT2D eigenvalue weighted by molar-refractivity contribution is 6.06. The molecule has 0 radical (unpaired) electrons. The quantitative estimate of drug-likeness (QED) is 0.635. The Morgan fingerprint density at radius 2 is 1.86 bits per heavy atom. The number of hydrogen-bond acceptors (Lipinski definition) is 6. The van der Waals surface area contributed by atoms with Gasteiger partial charge in [0.15, 0.2) is 0 Å². The molecule has 1 aromatic heterocycles. The molecule has 0 unspecified atom stereocenters. The number of rotatable bonds is 6. The lowest BCUT2D eigenvalue weighted by molar-refractivity contribution is 0.102. The second kappa shape index (κ2) is 8.14. The van der Waals surface area contributed by atoms with E-state index in [4.69, 9.17) is 19.6 Å². The molecule has 2 aromatic carbocycles. The number of hydrogen-bond donors (Lipinski definition) is 2. The molecule has 3 aromatic rings. The number of methoxy groups -OCH3 is 2. The highest BCUT2D eigenvalue weighted by Gasteiger charge is 2.18. The van der Waals surface area contributed by atoms with Crippen LogP contribution >= 0.6 is 0 Å². The molecule has 0 atom stereocenters. The first-order chi connectivity index (χ1) is 13.5. The number of fused-ring (bicyclic) bond motifs is 1. The minimum absolute atomic E-state index is 0.0929. The fourth-order valence-electron chi connectivity index (χ4n) is 3.06. The average Bonchev–Trinajstić information content (AvgIpc) is 2.72. The molecule has 0 aliphatic rings. The predicted molar refractivity (Wildman–Crippen MR) is 107 cm³/mol. The molecule has 0 spiro atoms. The minimum atomic E-state index is -0.717. The van der Waals surface area contributed by atoms with Crippen molar-refractivity contribution in [1.82, 2.24) is 0 Å². The maximum atomic E-state index is 12.7. The lowest BCUT2D eigenvalue weighted by Gasteiger charge is -2.12. The Balaban J connectivity index is 2.01. The van der Waals surface area contributed by atoms with Gasteiger partial charge in [0.2, 0.25) is 0 Å². The Labute approximate surface area is 162 Å². The zero-order valence-corrected chi connectivity index (χ0v) is 16.0. The van der Waals surface area contributed by atoms with Crippen molar-refractivity contribution >= 4 is 22.6 Å². The minimum Gasteiger partial charge on any atom is -0.496 e. The van der Waals surface area contributed by atoms with Crippen molar-refractivity contribution in [3.8, 4) is 11.5 Å². The maximum absolute atomic E-state index is 12.7. The van der Waals surface area contributed by atoms with Crippen LogP contribution in [-0.2, 0) is 13.0 Å². The Bertz CT molecular complexity index is 1090. The summed E-state index contributed by atoms with van der Waals surface area (Å²) in [4.78, 5) is 25.2. The Morgan fingerprint density at radius 3 is 2.50 bits per heavy atom. The van der Waals surface area contributed by atoms with Crippen molar-refractivity contribution in [3.63, 3.8) is 0 Å². The van der Waals surface area contributed by atoms with Gasteiger partial charge in [0.1, 0.15) is 22.6 Å². The van der Waals surface area contributed by atoms with Crippen LogP contribution in [0.3, 0.4) is 0 Å². The molecule has 0 aliphatic carbocycles. The van der Waals surface area contributed by atoms with Crippen molar-refractivity contribution in [1.29, 1.82) is 0 Å². The SMILES string of the molecule is CCc1c(OC)ccc2cc(C(=O)Nc3ccc(CN)cc3OC)c(=O)oc12. The summed E-state index contributed by atoms with van der Waals surface area (Å²) in [6.45, 7) is 2.29. The molecular formula is C21H22N2O5. The van der Waals surface area contributed by atoms with Gasteiger partial charge in [-0.15, -0.1) is 0 Å². The number of amides is 1. The fraction of sp³-hybridized carbons (Fsp3) is 0.238. The van der Waals surface area contributed by atoms with Crippen molar-refractivity contribution < 1.29 is 18.7 Å². The molecule has 0 fully saturated rings. The predicted octanol–water partition coefficient (Wildman–Crippen LogP) is 3.08. The first-order valence-electron chi connectivity index (χ1n) is 8.84. The monoisotopic (exact) mass is 382 g/mol. The van der Waals surface area contributed by atoms with Crippen LogP contribution in [0.4, 0.5) is 5.69 Å². The number of anilines is 1. The van der Waals surface area contributed by atoms with Gasteiger partial charge >= 0.3 is 5.63 Å². The van der Waals surface area contributed by atoms with Gasteiger partial charge in [0, 0.05) is 17.5 Å². The normalized spacial score (nSPS) is 10.7. The molecule has 146 valence electrons. The van der Waals surface area contributed by atoms with Gasteiger partial charge in [-0.3, -0.25) is 4.79 Å². The average molecular weight is 382 g/mol. The molecule has 1 amide bonds. The zero-order valence-electron chi connectivity index (χ0n) is 16.0. The molecule has 1 heterocycles. The highest BCUT2D eigenvalue weighted by Crippen LogP contribution is 2.29. The van der Waals surface area contributed by atoms with E-state index in [0.717, 1.165) is 11.1 Å². The zero-order chi connectivity index (χ0) is 20.3. The van der Waals surface area contributed by atoms with Gasteiger partial charge in [-0.1, -0.05) is 13.0 Å². The number of carbonyl (C=O) groups excluding carboxylic acids is 1. The van der Waals surface area contributed by atoms with E-state index in [1.165, 1.54) is 13.2 Å². The molecule has 0 aliphatic heterocycles. The second-order valence-electron chi connectivity index (χ2n) is 6.16. The summed E-state index contributed by atoms with van der Waals surface area (Å²) in [6, 6.07) is 10.3. The molecule has 0 saturated heterocycles. The van der Waals surface area contributed by atoms with E-state index in [-0.39, 0.29) is 5.56 Å². The molecule has 0 saturated carbocycles. The first-order valence-corrected chi connectivity index (χ1v) is 8.84. The summed E-state index contributed by atoms with van der Waals surface area (Å²) in [7, 11) is 3.05. The highest BCUT2D eigenvalue weighted by atomic mass is 16.5. The number of ether oxygens (including phenoxy) is 2. The maximum Gasteiger partial charge on any atom is 0.349 e. The summed E-state index contributed by atoms with van der Waals surface area (Å²) in [5, 5.41) is 3.34. The number of carbonyl (C=O) groups is 1. The third-order valence-corrected chi connectivity index (χ3v) is 4.53. The number of nitrogens with one attached hydrogen (secondary N) is 1. The Morgan fingerprint density at radius 1 is 1.11 bits per heavy atom. The molecule has 7 nitrogen and oxygen atoms in total. The van der Waals surface area contributed by atoms with Crippen molar-refractivity contribution in [2.75, 3.05) is 19.5 Å². The first kappa shape index (κ1) is 19.4. The van der Waals surface area contributed by atoms with E-state index >= 15 is 0 Å². The topological polar surface area (TPSA) is 104 Å². The van der Waals surface area contributed by atoms with Crippen LogP contribution in [0.1, 0.15) is 28.4 Å². The molecule has 3 N–H and O–H groups in total.